The van der Waals surface area contributed by atoms with E-state index in [-0.39, 0.29) is 12.3 Å². The Morgan fingerprint density at radius 1 is 0.912 bits per heavy atom. The molecule has 6 nitrogen and oxygen atoms in total. The Morgan fingerprint density at radius 2 is 1.59 bits per heavy atom. The molecule has 0 aliphatic carbocycles. The molecule has 0 bridgehead atoms. The first kappa shape index (κ1) is 24.7. The van der Waals surface area contributed by atoms with Crippen molar-refractivity contribution in [3.8, 4) is 0 Å². The Balaban J connectivity index is 1.80. The SMILES string of the molecule is CCOC(=O)c1ccc(NC(=O)C(=CC=Cc2ccccc2)NC(=O)c2ccccc2Br)cc1. The molecule has 0 aromatic heterocycles. The summed E-state index contributed by atoms with van der Waals surface area (Å²) in [6.07, 6.45) is 5.05. The summed E-state index contributed by atoms with van der Waals surface area (Å²) >= 11 is 3.36. The highest BCUT2D eigenvalue weighted by atomic mass is 79.9. The van der Waals surface area contributed by atoms with E-state index in [4.69, 9.17) is 4.74 Å². The van der Waals surface area contributed by atoms with E-state index in [0.717, 1.165) is 5.56 Å². The van der Waals surface area contributed by atoms with Gasteiger partial charge < -0.3 is 15.4 Å². The van der Waals surface area contributed by atoms with Gasteiger partial charge in [0.25, 0.3) is 11.8 Å². The van der Waals surface area contributed by atoms with Crippen molar-refractivity contribution >= 4 is 45.5 Å². The number of carbonyl (C=O) groups excluding carboxylic acids is 3. The lowest BCUT2D eigenvalue weighted by molar-refractivity contribution is -0.113. The van der Waals surface area contributed by atoms with Crippen molar-refractivity contribution in [3.05, 3.63) is 118 Å². The molecule has 0 radical (unpaired) electrons. The zero-order valence-electron chi connectivity index (χ0n) is 18.5. The number of rotatable bonds is 8. The topological polar surface area (TPSA) is 84.5 Å². The predicted molar refractivity (Wildman–Crippen MR) is 136 cm³/mol. The molecular formula is C27H23BrN2O4. The van der Waals surface area contributed by atoms with Gasteiger partial charge in [-0.2, -0.15) is 0 Å². The minimum absolute atomic E-state index is 0.0578. The molecule has 172 valence electrons. The Morgan fingerprint density at radius 3 is 2.26 bits per heavy atom. The van der Waals surface area contributed by atoms with E-state index in [1.54, 1.807) is 61.5 Å². The van der Waals surface area contributed by atoms with Gasteiger partial charge in [-0.05, 0) is 70.9 Å². The Bertz CT molecular complexity index is 1220. The summed E-state index contributed by atoms with van der Waals surface area (Å²) in [6.45, 7) is 2.01. The summed E-state index contributed by atoms with van der Waals surface area (Å²) in [5.41, 5.74) is 2.24. The maximum atomic E-state index is 13.0. The lowest BCUT2D eigenvalue weighted by Crippen LogP contribution is -2.31. The number of halogens is 1. The molecule has 0 aliphatic heterocycles. The molecular weight excluding hydrogens is 496 g/mol. The molecule has 0 atom stereocenters. The quantitative estimate of drug-likeness (QED) is 0.231. The minimum atomic E-state index is -0.512. The molecule has 2 amide bonds. The van der Waals surface area contributed by atoms with Crippen molar-refractivity contribution in [1.82, 2.24) is 5.32 Å². The summed E-state index contributed by atoms with van der Waals surface area (Å²) in [6, 6.07) is 22.8. The van der Waals surface area contributed by atoms with Crippen LogP contribution in [0.2, 0.25) is 0 Å². The minimum Gasteiger partial charge on any atom is -0.462 e. The first-order valence-electron chi connectivity index (χ1n) is 10.6. The molecule has 0 saturated carbocycles. The number of amides is 2. The fraction of sp³-hybridized carbons (Fsp3) is 0.0741. The lowest BCUT2D eigenvalue weighted by Gasteiger charge is -2.12. The number of ether oxygens (including phenoxy) is 1. The highest BCUT2D eigenvalue weighted by Crippen LogP contribution is 2.17. The summed E-state index contributed by atoms with van der Waals surface area (Å²) in [7, 11) is 0. The van der Waals surface area contributed by atoms with Crippen molar-refractivity contribution in [2.75, 3.05) is 11.9 Å². The van der Waals surface area contributed by atoms with E-state index in [0.29, 0.717) is 21.3 Å². The normalized spacial score (nSPS) is 11.2. The van der Waals surface area contributed by atoms with Crippen LogP contribution in [0, 0.1) is 0 Å². The maximum absolute atomic E-state index is 13.0. The van der Waals surface area contributed by atoms with Crippen LogP contribution < -0.4 is 10.6 Å². The molecule has 2 N–H and O–H groups in total. The third-order valence-corrected chi connectivity index (χ3v) is 5.31. The Hall–Kier alpha value is -3.97. The van der Waals surface area contributed by atoms with E-state index < -0.39 is 17.8 Å². The van der Waals surface area contributed by atoms with E-state index in [2.05, 4.69) is 26.6 Å². The van der Waals surface area contributed by atoms with Crippen molar-refractivity contribution in [3.63, 3.8) is 0 Å². The average molecular weight is 519 g/mol. The predicted octanol–water partition coefficient (Wildman–Crippen LogP) is 5.59. The van der Waals surface area contributed by atoms with Crippen LogP contribution in [0.3, 0.4) is 0 Å². The smallest absolute Gasteiger partial charge is 0.338 e. The molecule has 0 aliphatic rings. The van der Waals surface area contributed by atoms with Gasteiger partial charge in [-0.15, -0.1) is 0 Å². The van der Waals surface area contributed by atoms with E-state index in [9.17, 15) is 14.4 Å². The van der Waals surface area contributed by atoms with Crippen LogP contribution in [-0.2, 0) is 9.53 Å². The Kier molecular flexibility index (Phi) is 8.94. The molecule has 7 heteroatoms. The van der Waals surface area contributed by atoms with Gasteiger partial charge in [0.05, 0.1) is 17.7 Å². The number of hydrogen-bond donors (Lipinski definition) is 2. The first-order chi connectivity index (χ1) is 16.5. The second kappa shape index (κ2) is 12.3. The lowest BCUT2D eigenvalue weighted by atomic mass is 10.2. The molecule has 3 aromatic carbocycles. The van der Waals surface area contributed by atoms with Crippen LogP contribution in [0.25, 0.3) is 6.08 Å². The highest BCUT2D eigenvalue weighted by molar-refractivity contribution is 9.10. The molecule has 3 aromatic rings. The van der Waals surface area contributed by atoms with Gasteiger partial charge in [0.2, 0.25) is 0 Å². The van der Waals surface area contributed by atoms with Gasteiger partial charge in [0.1, 0.15) is 5.70 Å². The van der Waals surface area contributed by atoms with E-state index >= 15 is 0 Å². The van der Waals surface area contributed by atoms with Crippen molar-refractivity contribution in [2.24, 2.45) is 0 Å². The zero-order chi connectivity index (χ0) is 24.3. The second-order valence-corrected chi connectivity index (χ2v) is 7.89. The summed E-state index contributed by atoms with van der Waals surface area (Å²) in [5, 5.41) is 5.42. The van der Waals surface area contributed by atoms with E-state index in [1.165, 1.54) is 6.08 Å². The number of anilines is 1. The van der Waals surface area contributed by atoms with Crippen LogP contribution >= 0.6 is 15.9 Å². The zero-order valence-corrected chi connectivity index (χ0v) is 20.0. The molecule has 0 spiro atoms. The van der Waals surface area contributed by atoms with Crippen LogP contribution in [0.1, 0.15) is 33.2 Å². The Labute approximate surface area is 206 Å². The van der Waals surface area contributed by atoms with Gasteiger partial charge in [0, 0.05) is 10.2 Å². The number of allylic oxidation sites excluding steroid dienone is 2. The van der Waals surface area contributed by atoms with Gasteiger partial charge in [-0.3, -0.25) is 9.59 Å². The molecule has 0 saturated heterocycles. The van der Waals surface area contributed by atoms with Gasteiger partial charge >= 0.3 is 5.97 Å². The maximum Gasteiger partial charge on any atom is 0.338 e. The first-order valence-corrected chi connectivity index (χ1v) is 11.3. The number of hydrogen-bond acceptors (Lipinski definition) is 4. The number of esters is 1. The van der Waals surface area contributed by atoms with Gasteiger partial charge in [0.15, 0.2) is 0 Å². The van der Waals surface area contributed by atoms with Gasteiger partial charge in [-0.25, -0.2) is 4.79 Å². The summed E-state index contributed by atoms with van der Waals surface area (Å²) in [4.78, 5) is 37.6. The van der Waals surface area contributed by atoms with E-state index in [1.807, 2.05) is 36.4 Å². The summed E-state index contributed by atoms with van der Waals surface area (Å²) < 4.78 is 5.58. The molecule has 0 unspecified atom stereocenters. The highest BCUT2D eigenvalue weighted by Gasteiger charge is 2.16. The average Bonchev–Trinajstić information content (AvgIpc) is 2.85. The van der Waals surface area contributed by atoms with Gasteiger partial charge in [-0.1, -0.05) is 54.6 Å². The largest absolute Gasteiger partial charge is 0.462 e. The second-order valence-electron chi connectivity index (χ2n) is 7.04. The van der Waals surface area contributed by atoms with Crippen LogP contribution in [-0.4, -0.2) is 24.4 Å². The van der Waals surface area contributed by atoms with Crippen LogP contribution in [0.4, 0.5) is 5.69 Å². The monoisotopic (exact) mass is 518 g/mol. The third-order valence-electron chi connectivity index (χ3n) is 4.62. The van der Waals surface area contributed by atoms with Crippen LogP contribution in [0.15, 0.2) is 101 Å². The number of benzene rings is 3. The fourth-order valence-electron chi connectivity index (χ4n) is 2.93. The number of nitrogens with one attached hydrogen (secondary N) is 2. The molecule has 3 rings (SSSR count). The third kappa shape index (κ3) is 7.02. The molecule has 0 fully saturated rings. The van der Waals surface area contributed by atoms with Crippen molar-refractivity contribution < 1.29 is 19.1 Å². The van der Waals surface area contributed by atoms with Crippen molar-refractivity contribution in [1.29, 1.82) is 0 Å². The van der Waals surface area contributed by atoms with Crippen molar-refractivity contribution in [2.45, 2.75) is 6.92 Å². The summed E-state index contributed by atoms with van der Waals surface area (Å²) in [5.74, 6) is -1.38. The molecule has 0 heterocycles. The number of carbonyl (C=O) groups is 3. The molecule has 34 heavy (non-hydrogen) atoms. The van der Waals surface area contributed by atoms with Crippen LogP contribution in [0.5, 0.6) is 0 Å². The standard InChI is InChI=1S/C27H23BrN2O4/c1-2-34-27(33)20-15-17-21(18-16-20)29-26(32)24(14-8-11-19-9-4-3-5-10-19)30-25(31)22-12-6-7-13-23(22)28/h3-18H,2H2,1H3,(H,29,32)(H,30,31). The fourth-order valence-corrected chi connectivity index (χ4v) is 3.40.